The zero-order chi connectivity index (χ0) is 40.5. The Morgan fingerprint density at radius 1 is 0.279 bits per heavy atom. The van der Waals surface area contributed by atoms with E-state index in [-0.39, 0.29) is 0 Å². The number of benzene rings is 8. The summed E-state index contributed by atoms with van der Waals surface area (Å²) in [6, 6.07) is 75.0. The predicted octanol–water partition coefficient (Wildman–Crippen LogP) is 14.5. The van der Waals surface area contributed by atoms with Gasteiger partial charge in [-0.15, -0.1) is 0 Å². The summed E-state index contributed by atoms with van der Waals surface area (Å²) in [5.74, 6) is 1.31. The molecule has 0 radical (unpaired) electrons. The summed E-state index contributed by atoms with van der Waals surface area (Å²) in [4.78, 5) is 20.7. The molecule has 0 saturated heterocycles. The Morgan fingerprint density at radius 2 is 0.672 bits per heavy atom. The molecule has 11 aromatic rings. The summed E-state index contributed by atoms with van der Waals surface area (Å²) >= 11 is 0. The van der Waals surface area contributed by atoms with Gasteiger partial charge in [0.25, 0.3) is 0 Å². The SMILES string of the molecule is c1ccc(-c2cc(-c3ccccc3)nc(-c3cccc(-c4ccc5oc6ccccc6c5c4-c4cccc(-c5nc(-c6ccccc6)cc(-c6ccccc6)n5)c4)c3)n2)cc1. The average Bonchev–Trinajstić information content (AvgIpc) is 3.73. The zero-order valence-electron chi connectivity index (χ0n) is 33.0. The molecule has 0 N–H and O–H groups in total. The van der Waals surface area contributed by atoms with Crippen molar-refractivity contribution >= 4 is 21.9 Å². The van der Waals surface area contributed by atoms with Gasteiger partial charge in [0.15, 0.2) is 11.6 Å². The predicted molar refractivity (Wildman–Crippen MR) is 248 cm³/mol. The number of nitrogens with zero attached hydrogens (tertiary/aromatic N) is 4. The van der Waals surface area contributed by atoms with Crippen molar-refractivity contribution < 1.29 is 4.42 Å². The van der Waals surface area contributed by atoms with Crippen molar-refractivity contribution in [2.24, 2.45) is 0 Å². The molecule has 0 bridgehead atoms. The first kappa shape index (κ1) is 35.8. The molecular formula is C56H36N4O. The summed E-state index contributed by atoms with van der Waals surface area (Å²) in [5, 5.41) is 2.10. The molecule has 0 atom stereocenters. The number of aromatic nitrogens is 4. The molecule has 0 amide bonds. The lowest BCUT2D eigenvalue weighted by atomic mass is 9.89. The maximum Gasteiger partial charge on any atom is 0.160 e. The number of hydrogen-bond acceptors (Lipinski definition) is 5. The maximum atomic E-state index is 6.51. The first-order chi connectivity index (χ1) is 30.2. The van der Waals surface area contributed by atoms with E-state index in [0.29, 0.717) is 11.6 Å². The topological polar surface area (TPSA) is 64.7 Å². The number of rotatable bonds is 8. The smallest absolute Gasteiger partial charge is 0.160 e. The van der Waals surface area contributed by atoms with Gasteiger partial charge < -0.3 is 4.42 Å². The third kappa shape index (κ3) is 6.94. The van der Waals surface area contributed by atoms with E-state index in [4.69, 9.17) is 24.4 Å². The molecule has 0 saturated carbocycles. The van der Waals surface area contributed by atoms with Crippen molar-refractivity contribution in [2.45, 2.75) is 0 Å². The minimum Gasteiger partial charge on any atom is -0.456 e. The number of hydrogen-bond donors (Lipinski definition) is 0. The van der Waals surface area contributed by atoms with Gasteiger partial charge in [-0.25, -0.2) is 19.9 Å². The van der Waals surface area contributed by atoms with Crippen LogP contribution in [-0.4, -0.2) is 19.9 Å². The number of furan rings is 1. The molecule has 3 heterocycles. The van der Waals surface area contributed by atoms with Crippen molar-refractivity contribution in [3.8, 4) is 90.1 Å². The van der Waals surface area contributed by atoms with Gasteiger partial charge >= 0.3 is 0 Å². The number of para-hydroxylation sites is 1. The van der Waals surface area contributed by atoms with Crippen LogP contribution < -0.4 is 0 Å². The van der Waals surface area contributed by atoms with Crippen LogP contribution >= 0.6 is 0 Å². The lowest BCUT2D eigenvalue weighted by Crippen LogP contribution is -1.97. The Hall–Kier alpha value is -8.28. The van der Waals surface area contributed by atoms with Crippen LogP contribution in [0.2, 0.25) is 0 Å². The van der Waals surface area contributed by atoms with E-state index < -0.39 is 0 Å². The van der Waals surface area contributed by atoms with Crippen LogP contribution in [0.4, 0.5) is 0 Å². The minimum absolute atomic E-state index is 0.652. The molecule has 0 fully saturated rings. The molecular weight excluding hydrogens is 745 g/mol. The maximum absolute atomic E-state index is 6.51. The summed E-state index contributed by atoms with van der Waals surface area (Å²) in [6.45, 7) is 0. The monoisotopic (exact) mass is 780 g/mol. The number of fused-ring (bicyclic) bond motifs is 3. The van der Waals surface area contributed by atoms with E-state index in [1.165, 1.54) is 0 Å². The molecule has 0 spiro atoms. The highest BCUT2D eigenvalue weighted by Gasteiger charge is 2.20. The van der Waals surface area contributed by atoms with Gasteiger partial charge in [0, 0.05) is 49.7 Å². The highest BCUT2D eigenvalue weighted by atomic mass is 16.3. The van der Waals surface area contributed by atoms with Gasteiger partial charge in [-0.3, -0.25) is 0 Å². The summed E-state index contributed by atoms with van der Waals surface area (Å²) < 4.78 is 6.51. The average molecular weight is 781 g/mol. The van der Waals surface area contributed by atoms with Crippen molar-refractivity contribution in [3.63, 3.8) is 0 Å². The van der Waals surface area contributed by atoms with Crippen LogP contribution in [0.25, 0.3) is 112 Å². The van der Waals surface area contributed by atoms with Crippen LogP contribution in [0.3, 0.4) is 0 Å². The van der Waals surface area contributed by atoms with Crippen molar-refractivity contribution in [1.29, 1.82) is 0 Å². The molecule has 286 valence electrons. The second-order valence-corrected chi connectivity index (χ2v) is 15.0. The molecule has 3 aromatic heterocycles. The van der Waals surface area contributed by atoms with Crippen LogP contribution in [0.15, 0.2) is 223 Å². The fraction of sp³-hybridized carbons (Fsp3) is 0. The first-order valence-electron chi connectivity index (χ1n) is 20.4. The molecule has 0 aliphatic carbocycles. The molecule has 0 aliphatic heterocycles. The molecule has 61 heavy (non-hydrogen) atoms. The molecule has 5 heteroatoms. The standard InChI is InChI=1S/C56H36N4O/c1-5-17-37(18-6-1)47-35-48(38-19-7-2-8-20-38)58-55(57-47)43-27-15-25-41(33-43)45-31-32-52-54(46-29-13-14-30-51(46)61-52)53(45)42-26-16-28-44(34-42)56-59-49(39-21-9-3-10-22-39)36-50(60-56)40-23-11-4-12-24-40/h1-36H. The Kier molecular flexibility index (Phi) is 9.10. The fourth-order valence-corrected chi connectivity index (χ4v) is 8.18. The Labute approximate surface area is 353 Å². The fourth-order valence-electron chi connectivity index (χ4n) is 8.18. The van der Waals surface area contributed by atoms with Crippen LogP contribution in [0, 0.1) is 0 Å². The van der Waals surface area contributed by atoms with Gasteiger partial charge in [-0.05, 0) is 53.1 Å². The Morgan fingerprint density at radius 3 is 1.16 bits per heavy atom. The Bertz CT molecular complexity index is 3230. The summed E-state index contributed by atoms with van der Waals surface area (Å²) in [5.41, 5.74) is 15.3. The van der Waals surface area contributed by atoms with Gasteiger partial charge in [0.05, 0.1) is 22.8 Å². The molecule has 0 aliphatic rings. The normalized spacial score (nSPS) is 11.3. The minimum atomic E-state index is 0.652. The van der Waals surface area contributed by atoms with Crippen molar-refractivity contribution in [2.75, 3.05) is 0 Å². The second-order valence-electron chi connectivity index (χ2n) is 15.0. The largest absolute Gasteiger partial charge is 0.456 e. The Balaban J connectivity index is 1.10. The van der Waals surface area contributed by atoms with Gasteiger partial charge in [-0.2, -0.15) is 0 Å². The zero-order valence-corrected chi connectivity index (χ0v) is 33.0. The summed E-state index contributed by atoms with van der Waals surface area (Å²) in [7, 11) is 0. The van der Waals surface area contributed by atoms with E-state index in [1.807, 2.05) is 84.9 Å². The van der Waals surface area contributed by atoms with E-state index in [1.54, 1.807) is 0 Å². The molecule has 5 nitrogen and oxygen atoms in total. The lowest BCUT2D eigenvalue weighted by Gasteiger charge is -2.15. The van der Waals surface area contributed by atoms with E-state index in [9.17, 15) is 0 Å². The van der Waals surface area contributed by atoms with Gasteiger partial charge in [0.1, 0.15) is 11.2 Å². The van der Waals surface area contributed by atoms with Gasteiger partial charge in [0.2, 0.25) is 0 Å². The lowest BCUT2D eigenvalue weighted by molar-refractivity contribution is 0.669. The molecule has 8 aromatic carbocycles. The van der Waals surface area contributed by atoms with E-state index in [0.717, 1.165) is 100 Å². The van der Waals surface area contributed by atoms with Crippen LogP contribution in [-0.2, 0) is 0 Å². The van der Waals surface area contributed by atoms with Gasteiger partial charge in [-0.1, -0.05) is 182 Å². The second kappa shape index (κ2) is 15.5. The molecule has 0 unspecified atom stereocenters. The highest BCUT2D eigenvalue weighted by molar-refractivity contribution is 6.16. The van der Waals surface area contributed by atoms with Crippen LogP contribution in [0.5, 0.6) is 0 Å². The quantitative estimate of drug-likeness (QED) is 0.154. The summed E-state index contributed by atoms with van der Waals surface area (Å²) in [6.07, 6.45) is 0. The van der Waals surface area contributed by atoms with E-state index in [2.05, 4.69) is 133 Å². The van der Waals surface area contributed by atoms with Crippen LogP contribution in [0.1, 0.15) is 0 Å². The third-order valence-corrected chi connectivity index (χ3v) is 11.1. The van der Waals surface area contributed by atoms with Crippen molar-refractivity contribution in [3.05, 3.63) is 218 Å². The third-order valence-electron chi connectivity index (χ3n) is 11.1. The molecule has 11 rings (SSSR count). The highest BCUT2D eigenvalue weighted by Crippen LogP contribution is 2.44. The van der Waals surface area contributed by atoms with Crippen molar-refractivity contribution in [1.82, 2.24) is 19.9 Å². The first-order valence-corrected chi connectivity index (χ1v) is 20.4. The van der Waals surface area contributed by atoms with E-state index >= 15 is 0 Å².